The van der Waals surface area contributed by atoms with Crippen LogP contribution in [0.3, 0.4) is 0 Å². The van der Waals surface area contributed by atoms with E-state index < -0.39 is 0 Å². The lowest BCUT2D eigenvalue weighted by molar-refractivity contribution is 0.458. The van der Waals surface area contributed by atoms with Crippen molar-refractivity contribution in [3.63, 3.8) is 0 Å². The highest BCUT2D eigenvalue weighted by Crippen LogP contribution is 2.16. The smallest absolute Gasteiger partial charge is 0.242 e. The largest absolute Gasteiger partial charge is 0.492 e. The van der Waals surface area contributed by atoms with Gasteiger partial charge in [-0.25, -0.2) is 9.97 Å². The molecule has 0 aliphatic heterocycles. The topological polar surface area (TPSA) is 89.9 Å². The molecule has 0 spiro atoms. The fourth-order valence-corrected chi connectivity index (χ4v) is 1.00. The van der Waals surface area contributed by atoms with Gasteiger partial charge in [0.2, 0.25) is 5.88 Å². The summed E-state index contributed by atoms with van der Waals surface area (Å²) in [6.07, 6.45) is 2.78. The molecule has 0 aliphatic rings. The summed E-state index contributed by atoms with van der Waals surface area (Å²) in [5.41, 5.74) is 6.32. The minimum Gasteiger partial charge on any atom is -0.492 e. The van der Waals surface area contributed by atoms with E-state index in [0.717, 1.165) is 0 Å². The van der Waals surface area contributed by atoms with Gasteiger partial charge in [-0.05, 0) is 0 Å². The fourth-order valence-electron chi connectivity index (χ4n) is 1.00. The first-order valence-electron chi connectivity index (χ1n) is 3.38. The summed E-state index contributed by atoms with van der Waals surface area (Å²) in [7, 11) is 0. The lowest BCUT2D eigenvalue weighted by atomic mass is 10.5. The Morgan fingerprint density at radius 2 is 2.25 bits per heavy atom. The van der Waals surface area contributed by atoms with Crippen LogP contribution in [0.25, 0.3) is 11.2 Å². The average Bonchev–Trinajstić information content (AvgIpc) is 2.49. The Labute approximate surface area is 67.7 Å². The first kappa shape index (κ1) is 6.99. The summed E-state index contributed by atoms with van der Waals surface area (Å²) in [5.74, 6) is -0.118. The van der Waals surface area contributed by atoms with Crippen molar-refractivity contribution in [3.8, 4) is 5.88 Å². The number of imidazole rings is 1. The van der Waals surface area contributed by atoms with E-state index in [9.17, 15) is 5.11 Å². The molecule has 6 nitrogen and oxygen atoms in total. The lowest BCUT2D eigenvalue weighted by Crippen LogP contribution is -2.05. The number of hydrogen-bond acceptors (Lipinski definition) is 5. The second-order valence-corrected chi connectivity index (χ2v) is 2.27. The molecule has 2 rings (SSSR count). The highest BCUT2D eigenvalue weighted by atomic mass is 16.3. The van der Waals surface area contributed by atoms with Crippen LogP contribution < -0.4 is 5.73 Å². The second kappa shape index (κ2) is 2.42. The molecule has 2 aromatic heterocycles. The van der Waals surface area contributed by atoms with Gasteiger partial charge in [-0.3, -0.25) is 0 Å². The van der Waals surface area contributed by atoms with E-state index in [1.54, 1.807) is 4.57 Å². The third-order valence-corrected chi connectivity index (χ3v) is 1.58. The monoisotopic (exact) mass is 165 g/mol. The van der Waals surface area contributed by atoms with Crippen LogP contribution in [0.1, 0.15) is 0 Å². The Hall–Kier alpha value is -1.69. The van der Waals surface area contributed by atoms with Crippen molar-refractivity contribution in [2.24, 2.45) is 5.73 Å². The molecule has 0 fully saturated rings. The van der Waals surface area contributed by atoms with E-state index in [1.165, 1.54) is 12.7 Å². The number of nitrogens with two attached hydrogens (primary N) is 1. The molecule has 0 aromatic carbocycles. The van der Waals surface area contributed by atoms with Crippen molar-refractivity contribution in [2.45, 2.75) is 6.67 Å². The van der Waals surface area contributed by atoms with Crippen LogP contribution in [0.2, 0.25) is 0 Å². The molecule has 6 heteroatoms. The van der Waals surface area contributed by atoms with Gasteiger partial charge in [0.1, 0.15) is 6.33 Å². The number of fused-ring (bicyclic) bond motifs is 1. The molecule has 0 saturated heterocycles. The van der Waals surface area contributed by atoms with E-state index >= 15 is 0 Å². The van der Waals surface area contributed by atoms with Crippen molar-refractivity contribution in [3.05, 3.63) is 12.7 Å². The predicted octanol–water partition coefficient (Wildman–Crippen LogP) is -0.552. The lowest BCUT2D eigenvalue weighted by Gasteiger charge is -1.96. The molecular weight excluding hydrogens is 158 g/mol. The number of rotatable bonds is 1. The Morgan fingerprint density at radius 1 is 1.42 bits per heavy atom. The maximum absolute atomic E-state index is 9.21. The average molecular weight is 165 g/mol. The number of aromatic nitrogens is 4. The second-order valence-electron chi connectivity index (χ2n) is 2.27. The van der Waals surface area contributed by atoms with Crippen LogP contribution in [0.5, 0.6) is 5.88 Å². The van der Waals surface area contributed by atoms with E-state index in [0.29, 0.717) is 11.2 Å². The normalized spacial score (nSPS) is 10.8. The van der Waals surface area contributed by atoms with E-state index in [-0.39, 0.29) is 12.5 Å². The van der Waals surface area contributed by atoms with Gasteiger partial charge in [0.05, 0.1) is 13.0 Å². The van der Waals surface area contributed by atoms with Crippen molar-refractivity contribution >= 4 is 11.2 Å². The van der Waals surface area contributed by atoms with Crippen LogP contribution in [0, 0.1) is 0 Å². The summed E-state index contributed by atoms with van der Waals surface area (Å²) in [6, 6.07) is 0. The van der Waals surface area contributed by atoms with E-state index in [2.05, 4.69) is 15.0 Å². The molecule has 0 atom stereocenters. The van der Waals surface area contributed by atoms with Gasteiger partial charge in [0.25, 0.3) is 0 Å². The third-order valence-electron chi connectivity index (χ3n) is 1.58. The molecule has 2 aromatic rings. The van der Waals surface area contributed by atoms with E-state index in [1.807, 2.05) is 0 Å². The molecule has 0 unspecified atom stereocenters. The Bertz CT molecular complexity index is 409. The summed E-state index contributed by atoms with van der Waals surface area (Å²) in [5, 5.41) is 9.21. The molecule has 0 amide bonds. The zero-order valence-corrected chi connectivity index (χ0v) is 6.18. The van der Waals surface area contributed by atoms with Gasteiger partial charge in [0, 0.05) is 0 Å². The minimum absolute atomic E-state index is 0.118. The number of aromatic hydroxyl groups is 1. The van der Waals surface area contributed by atoms with Crippen LogP contribution in [0.15, 0.2) is 12.7 Å². The van der Waals surface area contributed by atoms with Crippen LogP contribution in [0.4, 0.5) is 0 Å². The van der Waals surface area contributed by atoms with Crippen LogP contribution in [-0.2, 0) is 6.67 Å². The standard InChI is InChI=1S/C6H7N5O/c7-1-11-3-10-4-5(11)8-2-9-6(4)12/h2-3H,1,7H2,(H,8,9,12). The van der Waals surface area contributed by atoms with Crippen molar-refractivity contribution in [1.29, 1.82) is 0 Å². The highest BCUT2D eigenvalue weighted by molar-refractivity contribution is 5.75. The molecule has 0 aliphatic carbocycles. The Morgan fingerprint density at radius 3 is 3.00 bits per heavy atom. The molecule has 0 saturated carbocycles. The van der Waals surface area contributed by atoms with Gasteiger partial charge >= 0.3 is 0 Å². The van der Waals surface area contributed by atoms with Crippen molar-refractivity contribution < 1.29 is 5.11 Å². The minimum atomic E-state index is -0.118. The SMILES string of the molecule is NCn1cnc2c(O)ncnc21. The Kier molecular flexibility index (Phi) is 1.41. The van der Waals surface area contributed by atoms with Gasteiger partial charge in [-0.1, -0.05) is 0 Å². The highest BCUT2D eigenvalue weighted by Gasteiger charge is 2.06. The van der Waals surface area contributed by atoms with Crippen LogP contribution in [-0.4, -0.2) is 24.6 Å². The zero-order chi connectivity index (χ0) is 8.55. The van der Waals surface area contributed by atoms with Gasteiger partial charge in [0.15, 0.2) is 11.2 Å². The number of hydrogen-bond donors (Lipinski definition) is 2. The summed E-state index contributed by atoms with van der Waals surface area (Å²) in [4.78, 5) is 11.4. The first-order valence-corrected chi connectivity index (χ1v) is 3.38. The molecule has 0 bridgehead atoms. The molecule has 3 N–H and O–H groups in total. The predicted molar refractivity (Wildman–Crippen MR) is 41.2 cm³/mol. The van der Waals surface area contributed by atoms with Crippen LogP contribution >= 0.6 is 0 Å². The molecule has 2 heterocycles. The van der Waals surface area contributed by atoms with Gasteiger partial charge in [-0.15, -0.1) is 0 Å². The van der Waals surface area contributed by atoms with Gasteiger partial charge < -0.3 is 15.4 Å². The molecular formula is C6H7N5O. The molecule has 0 radical (unpaired) electrons. The van der Waals surface area contributed by atoms with Gasteiger partial charge in [-0.2, -0.15) is 4.98 Å². The summed E-state index contributed by atoms with van der Waals surface area (Å²) in [6.45, 7) is 0.285. The third kappa shape index (κ3) is 0.817. The van der Waals surface area contributed by atoms with E-state index in [4.69, 9.17) is 5.73 Å². The maximum atomic E-state index is 9.21. The zero-order valence-electron chi connectivity index (χ0n) is 6.18. The first-order chi connectivity index (χ1) is 5.83. The van der Waals surface area contributed by atoms with Crippen molar-refractivity contribution in [2.75, 3.05) is 0 Å². The van der Waals surface area contributed by atoms with Crippen molar-refractivity contribution in [1.82, 2.24) is 19.5 Å². The summed E-state index contributed by atoms with van der Waals surface area (Å²) >= 11 is 0. The molecule has 62 valence electrons. The summed E-state index contributed by atoms with van der Waals surface area (Å²) < 4.78 is 1.62. The quantitative estimate of drug-likeness (QED) is 0.591. The Balaban J connectivity index is 2.80. The maximum Gasteiger partial charge on any atom is 0.242 e. The fraction of sp³-hybridized carbons (Fsp3) is 0.167. The number of nitrogens with zero attached hydrogens (tertiary/aromatic N) is 4. The molecule has 12 heavy (non-hydrogen) atoms.